The van der Waals surface area contributed by atoms with E-state index in [1.54, 1.807) is 26.0 Å². The number of hydrogen-bond donors (Lipinski definition) is 2. The predicted octanol–water partition coefficient (Wildman–Crippen LogP) is 2.83. The van der Waals surface area contributed by atoms with Gasteiger partial charge >= 0.3 is 0 Å². The number of aliphatic hydroxyl groups excluding tert-OH is 2. The van der Waals surface area contributed by atoms with Crippen LogP contribution in [0.15, 0.2) is 33.7 Å². The highest BCUT2D eigenvalue weighted by Crippen LogP contribution is 1.90. The quantitative estimate of drug-likeness (QED) is 0.428. The van der Waals surface area contributed by atoms with Crippen molar-refractivity contribution >= 4 is 11.4 Å². The summed E-state index contributed by atoms with van der Waals surface area (Å²) < 4.78 is 0. The second-order valence-corrected chi connectivity index (χ2v) is 3.62. The third-order valence-corrected chi connectivity index (χ3v) is 1.66. The summed E-state index contributed by atoms with van der Waals surface area (Å²) in [4.78, 5) is 8.41. The van der Waals surface area contributed by atoms with Crippen LogP contribution >= 0.6 is 0 Å². The SMILES string of the molecule is C/C(O)=C/C(C)=N/CC/N=C(C)/C=C(/C)O. The summed E-state index contributed by atoms with van der Waals surface area (Å²) in [6.07, 6.45) is 3.21. The van der Waals surface area contributed by atoms with Crippen molar-refractivity contribution in [3.8, 4) is 0 Å². The van der Waals surface area contributed by atoms with E-state index in [9.17, 15) is 0 Å². The van der Waals surface area contributed by atoms with Gasteiger partial charge in [-0.15, -0.1) is 0 Å². The smallest absolute Gasteiger partial charge is 0.0909 e. The first-order chi connectivity index (χ1) is 7.41. The Morgan fingerprint density at radius 3 is 1.38 bits per heavy atom. The molecular formula is C12H20N2O2. The Balaban J connectivity index is 4.10. The Hall–Kier alpha value is -1.58. The minimum absolute atomic E-state index is 0.250. The van der Waals surface area contributed by atoms with Gasteiger partial charge in [-0.1, -0.05) is 0 Å². The van der Waals surface area contributed by atoms with E-state index in [0.717, 1.165) is 11.4 Å². The lowest BCUT2D eigenvalue weighted by atomic mass is 10.3. The largest absolute Gasteiger partial charge is 0.513 e. The van der Waals surface area contributed by atoms with Crippen molar-refractivity contribution in [1.82, 2.24) is 0 Å². The Morgan fingerprint density at radius 1 is 0.812 bits per heavy atom. The third-order valence-electron chi connectivity index (χ3n) is 1.66. The van der Waals surface area contributed by atoms with E-state index in [-0.39, 0.29) is 11.5 Å². The van der Waals surface area contributed by atoms with Crippen LogP contribution in [0.3, 0.4) is 0 Å². The van der Waals surface area contributed by atoms with Crippen molar-refractivity contribution in [2.45, 2.75) is 27.7 Å². The van der Waals surface area contributed by atoms with Crippen molar-refractivity contribution in [3.63, 3.8) is 0 Å². The lowest BCUT2D eigenvalue weighted by molar-refractivity contribution is 0.414. The second-order valence-electron chi connectivity index (χ2n) is 3.62. The zero-order chi connectivity index (χ0) is 12.6. The summed E-state index contributed by atoms with van der Waals surface area (Å²) in [5.41, 5.74) is 1.56. The van der Waals surface area contributed by atoms with Crippen LogP contribution < -0.4 is 0 Å². The minimum Gasteiger partial charge on any atom is -0.513 e. The van der Waals surface area contributed by atoms with Gasteiger partial charge in [-0.3, -0.25) is 9.98 Å². The number of nitrogens with zero attached hydrogens (tertiary/aromatic N) is 2. The molecule has 16 heavy (non-hydrogen) atoms. The molecule has 0 atom stereocenters. The van der Waals surface area contributed by atoms with E-state index in [0.29, 0.717) is 13.1 Å². The van der Waals surface area contributed by atoms with E-state index in [2.05, 4.69) is 9.98 Å². The molecule has 0 aliphatic rings. The molecule has 0 aliphatic carbocycles. The number of aliphatic imine (C=N–C) groups is 2. The summed E-state index contributed by atoms with van der Waals surface area (Å²) in [6.45, 7) is 8.02. The van der Waals surface area contributed by atoms with E-state index >= 15 is 0 Å². The summed E-state index contributed by atoms with van der Waals surface area (Å²) in [5, 5.41) is 18.0. The number of aliphatic hydroxyl groups is 2. The molecule has 0 aromatic rings. The molecule has 0 saturated heterocycles. The molecule has 0 aromatic heterocycles. The highest BCUT2D eigenvalue weighted by molar-refractivity contribution is 5.93. The Morgan fingerprint density at radius 2 is 1.12 bits per heavy atom. The molecule has 0 saturated carbocycles. The molecule has 4 nitrogen and oxygen atoms in total. The first-order valence-corrected chi connectivity index (χ1v) is 5.18. The molecule has 0 aliphatic heterocycles. The lowest BCUT2D eigenvalue weighted by Gasteiger charge is -1.95. The minimum atomic E-state index is 0.250. The first kappa shape index (κ1) is 14.4. The summed E-state index contributed by atoms with van der Waals surface area (Å²) in [5.74, 6) is 0.500. The fraction of sp³-hybridized carbons (Fsp3) is 0.500. The molecule has 0 heterocycles. The number of rotatable bonds is 5. The summed E-state index contributed by atoms with van der Waals surface area (Å²) >= 11 is 0. The van der Waals surface area contributed by atoms with Crippen LogP contribution in [-0.4, -0.2) is 34.7 Å². The van der Waals surface area contributed by atoms with E-state index in [1.165, 1.54) is 0 Å². The van der Waals surface area contributed by atoms with Crippen LogP contribution in [0.5, 0.6) is 0 Å². The molecule has 0 radical (unpaired) electrons. The summed E-state index contributed by atoms with van der Waals surface area (Å²) in [6, 6.07) is 0. The van der Waals surface area contributed by atoms with Crippen molar-refractivity contribution in [2.24, 2.45) is 9.98 Å². The molecule has 0 fully saturated rings. The Bertz CT molecular complexity index is 297. The van der Waals surface area contributed by atoms with Gasteiger partial charge < -0.3 is 10.2 Å². The van der Waals surface area contributed by atoms with Crippen LogP contribution in [0.1, 0.15) is 27.7 Å². The normalized spacial score (nSPS) is 15.5. The maximum atomic E-state index is 8.98. The highest BCUT2D eigenvalue weighted by atomic mass is 16.3. The molecule has 0 amide bonds. The van der Waals surface area contributed by atoms with Crippen LogP contribution in [0.25, 0.3) is 0 Å². The van der Waals surface area contributed by atoms with Gasteiger partial charge in [0, 0.05) is 11.4 Å². The molecule has 0 unspecified atom stereocenters. The molecule has 90 valence electrons. The van der Waals surface area contributed by atoms with E-state index in [1.807, 2.05) is 13.8 Å². The maximum Gasteiger partial charge on any atom is 0.0909 e. The van der Waals surface area contributed by atoms with Gasteiger partial charge in [0.05, 0.1) is 24.6 Å². The molecule has 4 heteroatoms. The molecule has 0 aromatic carbocycles. The van der Waals surface area contributed by atoms with Crippen molar-refractivity contribution in [2.75, 3.05) is 13.1 Å². The number of allylic oxidation sites excluding steroid dienone is 4. The first-order valence-electron chi connectivity index (χ1n) is 5.18. The average Bonchev–Trinajstić information content (AvgIpc) is 2.10. The van der Waals surface area contributed by atoms with E-state index < -0.39 is 0 Å². The van der Waals surface area contributed by atoms with Gasteiger partial charge in [-0.05, 0) is 39.8 Å². The molecular weight excluding hydrogens is 204 g/mol. The van der Waals surface area contributed by atoms with E-state index in [4.69, 9.17) is 10.2 Å². The molecule has 0 bridgehead atoms. The van der Waals surface area contributed by atoms with Crippen LogP contribution in [0, 0.1) is 0 Å². The topological polar surface area (TPSA) is 65.2 Å². The van der Waals surface area contributed by atoms with Gasteiger partial charge in [-0.2, -0.15) is 0 Å². The summed E-state index contributed by atoms with van der Waals surface area (Å²) in [7, 11) is 0. The van der Waals surface area contributed by atoms with Gasteiger partial charge in [-0.25, -0.2) is 0 Å². The van der Waals surface area contributed by atoms with Crippen molar-refractivity contribution in [1.29, 1.82) is 0 Å². The Kier molecular flexibility index (Phi) is 6.92. The number of hydrogen-bond acceptors (Lipinski definition) is 4. The average molecular weight is 224 g/mol. The molecule has 0 spiro atoms. The van der Waals surface area contributed by atoms with Crippen LogP contribution in [-0.2, 0) is 0 Å². The van der Waals surface area contributed by atoms with Crippen LogP contribution in [0.4, 0.5) is 0 Å². The third kappa shape index (κ3) is 8.99. The van der Waals surface area contributed by atoms with Gasteiger partial charge in [0.2, 0.25) is 0 Å². The maximum absolute atomic E-state index is 8.98. The molecule has 0 rings (SSSR count). The van der Waals surface area contributed by atoms with Gasteiger partial charge in [0.1, 0.15) is 0 Å². The fourth-order valence-corrected chi connectivity index (χ4v) is 1.15. The molecule has 2 N–H and O–H groups in total. The van der Waals surface area contributed by atoms with Crippen LogP contribution in [0.2, 0.25) is 0 Å². The lowest BCUT2D eigenvalue weighted by Crippen LogP contribution is -1.96. The zero-order valence-corrected chi connectivity index (χ0v) is 10.4. The second kappa shape index (κ2) is 7.68. The Labute approximate surface area is 96.8 Å². The van der Waals surface area contributed by atoms with Gasteiger partial charge in [0.15, 0.2) is 0 Å². The zero-order valence-electron chi connectivity index (χ0n) is 10.4. The highest BCUT2D eigenvalue weighted by Gasteiger charge is 1.89. The van der Waals surface area contributed by atoms with Crippen molar-refractivity contribution in [3.05, 3.63) is 23.7 Å². The monoisotopic (exact) mass is 224 g/mol. The van der Waals surface area contributed by atoms with Gasteiger partial charge in [0.25, 0.3) is 0 Å². The predicted molar refractivity (Wildman–Crippen MR) is 68.7 cm³/mol. The standard InChI is InChI=1S/C12H20N2O2/c1-9(7-11(3)15)13-5-6-14-10(2)8-12(4)16/h7-8,15-16H,5-6H2,1-4H3/b11-7-,12-8-,13-9+,14-10+. The van der Waals surface area contributed by atoms with Crippen molar-refractivity contribution < 1.29 is 10.2 Å². The fourth-order valence-electron chi connectivity index (χ4n) is 1.15.